The number of benzene rings is 1. The molecule has 3 rings (SSSR count). The third-order valence-corrected chi connectivity index (χ3v) is 4.44. The second-order valence-electron chi connectivity index (χ2n) is 5.67. The standard InChI is InChI=1S/C17H19NO2/c1-11(12-6-3-2-4-7-12)16-13-8-5-9-14(19)17(13)18-10-15(16)20/h2-4,6-8,11,16-18H,5,9-10H2,1H3/t11?,16?,17-/m1/s1. The van der Waals surface area contributed by atoms with Gasteiger partial charge in [-0.1, -0.05) is 43.3 Å². The van der Waals surface area contributed by atoms with E-state index in [9.17, 15) is 9.59 Å². The van der Waals surface area contributed by atoms with Crippen LogP contribution >= 0.6 is 0 Å². The Labute approximate surface area is 119 Å². The van der Waals surface area contributed by atoms with Gasteiger partial charge in [0, 0.05) is 12.3 Å². The van der Waals surface area contributed by atoms with Crippen molar-refractivity contribution in [3.8, 4) is 0 Å². The number of carbonyl (C=O) groups excluding carboxylic acids is 2. The van der Waals surface area contributed by atoms with Gasteiger partial charge in [0.05, 0.1) is 12.6 Å². The molecule has 20 heavy (non-hydrogen) atoms. The van der Waals surface area contributed by atoms with E-state index < -0.39 is 0 Å². The van der Waals surface area contributed by atoms with Gasteiger partial charge in [-0.25, -0.2) is 0 Å². The normalized spacial score (nSPS) is 27.8. The van der Waals surface area contributed by atoms with Gasteiger partial charge in [0.15, 0.2) is 11.6 Å². The summed E-state index contributed by atoms with van der Waals surface area (Å²) in [6.45, 7) is 2.38. The first-order chi connectivity index (χ1) is 9.68. The van der Waals surface area contributed by atoms with Crippen molar-refractivity contribution in [2.75, 3.05) is 6.54 Å². The topological polar surface area (TPSA) is 46.2 Å². The minimum Gasteiger partial charge on any atom is -0.298 e. The fraction of sp³-hybridized carbons (Fsp3) is 0.412. The zero-order chi connectivity index (χ0) is 14.1. The number of piperidine rings is 1. The predicted molar refractivity (Wildman–Crippen MR) is 77.5 cm³/mol. The molecule has 1 fully saturated rings. The summed E-state index contributed by atoms with van der Waals surface area (Å²) in [5, 5.41) is 3.09. The van der Waals surface area contributed by atoms with Crippen molar-refractivity contribution in [2.24, 2.45) is 5.92 Å². The first kappa shape index (κ1) is 13.3. The van der Waals surface area contributed by atoms with Crippen molar-refractivity contribution in [1.29, 1.82) is 0 Å². The van der Waals surface area contributed by atoms with Crippen molar-refractivity contribution in [3.05, 3.63) is 47.5 Å². The smallest absolute Gasteiger partial charge is 0.154 e. The quantitative estimate of drug-likeness (QED) is 0.838. The molecule has 1 aliphatic carbocycles. The van der Waals surface area contributed by atoms with Crippen LogP contribution in [0.4, 0.5) is 0 Å². The Kier molecular flexibility index (Phi) is 3.53. The molecular weight excluding hydrogens is 250 g/mol. The van der Waals surface area contributed by atoms with Crippen LogP contribution < -0.4 is 5.32 Å². The van der Waals surface area contributed by atoms with E-state index in [2.05, 4.69) is 30.4 Å². The van der Waals surface area contributed by atoms with E-state index in [4.69, 9.17) is 0 Å². The highest BCUT2D eigenvalue weighted by Crippen LogP contribution is 2.36. The summed E-state index contributed by atoms with van der Waals surface area (Å²) in [5.74, 6) is 0.372. The predicted octanol–water partition coefficient (Wildman–Crippen LogP) is 2.24. The molecule has 0 amide bonds. The summed E-state index contributed by atoms with van der Waals surface area (Å²) >= 11 is 0. The fourth-order valence-electron chi connectivity index (χ4n) is 3.38. The van der Waals surface area contributed by atoms with Crippen LogP contribution in [0.5, 0.6) is 0 Å². The molecule has 1 aromatic carbocycles. The Hall–Kier alpha value is -1.74. The van der Waals surface area contributed by atoms with Gasteiger partial charge in [-0.05, 0) is 23.5 Å². The van der Waals surface area contributed by atoms with Crippen LogP contribution in [0.1, 0.15) is 31.2 Å². The molecule has 0 radical (unpaired) electrons. The molecule has 0 spiro atoms. The van der Waals surface area contributed by atoms with E-state index in [0.29, 0.717) is 13.0 Å². The van der Waals surface area contributed by atoms with E-state index in [1.807, 2.05) is 18.2 Å². The number of Topliss-reactive ketones (excluding diaryl/α,β-unsaturated/α-hetero) is 2. The van der Waals surface area contributed by atoms with Crippen LogP contribution in [0.25, 0.3) is 0 Å². The molecule has 3 nitrogen and oxygen atoms in total. The molecule has 1 N–H and O–H groups in total. The molecule has 1 aromatic rings. The van der Waals surface area contributed by atoms with Crippen LogP contribution in [0.3, 0.4) is 0 Å². The minimum absolute atomic E-state index is 0.116. The molecule has 2 unspecified atom stereocenters. The molecular formula is C17H19NO2. The first-order valence-electron chi connectivity index (χ1n) is 7.22. The molecule has 1 heterocycles. The zero-order valence-corrected chi connectivity index (χ0v) is 11.6. The van der Waals surface area contributed by atoms with Crippen LogP contribution in [-0.4, -0.2) is 24.2 Å². The Morgan fingerprint density at radius 3 is 2.65 bits per heavy atom. The Morgan fingerprint density at radius 2 is 1.90 bits per heavy atom. The summed E-state index contributed by atoms with van der Waals surface area (Å²) in [7, 11) is 0. The highest BCUT2D eigenvalue weighted by atomic mass is 16.1. The summed E-state index contributed by atoms with van der Waals surface area (Å²) in [5.41, 5.74) is 2.15. The maximum atomic E-state index is 12.4. The molecule has 1 aliphatic heterocycles. The second-order valence-corrected chi connectivity index (χ2v) is 5.67. The molecule has 2 aliphatic rings. The van der Waals surface area contributed by atoms with E-state index in [1.54, 1.807) is 0 Å². The Balaban J connectivity index is 1.95. The lowest BCUT2D eigenvalue weighted by Crippen LogP contribution is -2.52. The maximum absolute atomic E-state index is 12.4. The van der Waals surface area contributed by atoms with Gasteiger partial charge >= 0.3 is 0 Å². The van der Waals surface area contributed by atoms with Gasteiger partial charge in [-0.15, -0.1) is 0 Å². The third kappa shape index (κ3) is 2.22. The van der Waals surface area contributed by atoms with Gasteiger partial charge in [-0.3, -0.25) is 14.9 Å². The number of allylic oxidation sites excluding steroid dienone is 1. The van der Waals surface area contributed by atoms with E-state index in [0.717, 1.165) is 17.6 Å². The molecule has 0 bridgehead atoms. The number of hydrogen-bond acceptors (Lipinski definition) is 3. The van der Waals surface area contributed by atoms with Gasteiger partial charge in [0.1, 0.15) is 0 Å². The molecule has 104 valence electrons. The fourth-order valence-corrected chi connectivity index (χ4v) is 3.38. The van der Waals surface area contributed by atoms with Gasteiger partial charge in [0.25, 0.3) is 0 Å². The van der Waals surface area contributed by atoms with Crippen molar-refractivity contribution in [1.82, 2.24) is 5.32 Å². The van der Waals surface area contributed by atoms with Crippen LogP contribution in [-0.2, 0) is 9.59 Å². The average molecular weight is 269 g/mol. The van der Waals surface area contributed by atoms with Crippen molar-refractivity contribution in [3.63, 3.8) is 0 Å². The number of nitrogens with one attached hydrogen (secondary N) is 1. The molecule has 1 saturated heterocycles. The number of carbonyl (C=O) groups is 2. The molecule has 3 heteroatoms. The third-order valence-electron chi connectivity index (χ3n) is 4.44. The van der Waals surface area contributed by atoms with Gasteiger partial charge in [-0.2, -0.15) is 0 Å². The number of ketones is 2. The van der Waals surface area contributed by atoms with E-state index >= 15 is 0 Å². The highest BCUT2D eigenvalue weighted by Gasteiger charge is 2.40. The number of fused-ring (bicyclic) bond motifs is 1. The maximum Gasteiger partial charge on any atom is 0.154 e. The van der Waals surface area contributed by atoms with Crippen molar-refractivity contribution in [2.45, 2.75) is 31.7 Å². The van der Waals surface area contributed by atoms with E-state index in [1.165, 1.54) is 0 Å². The highest BCUT2D eigenvalue weighted by molar-refractivity contribution is 5.96. The number of rotatable bonds is 2. The summed E-state index contributed by atoms with van der Waals surface area (Å²) in [4.78, 5) is 24.4. The minimum atomic E-state index is -0.238. The summed E-state index contributed by atoms with van der Waals surface area (Å²) in [6.07, 6.45) is 3.44. The lowest BCUT2D eigenvalue weighted by Gasteiger charge is -2.37. The lowest BCUT2D eigenvalue weighted by atomic mass is 9.72. The average Bonchev–Trinajstić information content (AvgIpc) is 2.48. The summed E-state index contributed by atoms with van der Waals surface area (Å²) < 4.78 is 0. The molecule has 3 atom stereocenters. The lowest BCUT2D eigenvalue weighted by molar-refractivity contribution is -0.125. The largest absolute Gasteiger partial charge is 0.298 e. The van der Waals surface area contributed by atoms with Crippen LogP contribution in [0.2, 0.25) is 0 Å². The van der Waals surface area contributed by atoms with Crippen LogP contribution in [0.15, 0.2) is 42.0 Å². The molecule has 0 aromatic heterocycles. The van der Waals surface area contributed by atoms with E-state index in [-0.39, 0.29) is 29.4 Å². The Bertz CT molecular complexity index is 562. The molecule has 0 saturated carbocycles. The van der Waals surface area contributed by atoms with Gasteiger partial charge in [0.2, 0.25) is 0 Å². The SMILES string of the molecule is CC(c1ccccc1)C1C(=O)CN[C@H]2C(=O)CCC=C12. The van der Waals surface area contributed by atoms with Gasteiger partial charge < -0.3 is 0 Å². The van der Waals surface area contributed by atoms with Crippen molar-refractivity contribution < 1.29 is 9.59 Å². The Morgan fingerprint density at radius 1 is 1.15 bits per heavy atom. The van der Waals surface area contributed by atoms with Crippen LogP contribution in [0, 0.1) is 5.92 Å². The first-order valence-corrected chi connectivity index (χ1v) is 7.22. The van der Waals surface area contributed by atoms with Crippen molar-refractivity contribution >= 4 is 11.6 Å². The second kappa shape index (κ2) is 5.33. The number of hydrogen-bond donors (Lipinski definition) is 1. The zero-order valence-electron chi connectivity index (χ0n) is 11.6. The monoisotopic (exact) mass is 269 g/mol. The summed E-state index contributed by atoms with van der Waals surface area (Å²) in [6, 6.07) is 9.84.